The molecule has 1 saturated heterocycles. The molecule has 0 aromatic rings. The summed E-state index contributed by atoms with van der Waals surface area (Å²) in [5, 5.41) is 13.2. The Balaban J connectivity index is 2.11. The summed E-state index contributed by atoms with van der Waals surface area (Å²) in [7, 11) is 1.72. The second kappa shape index (κ2) is 5.25. The van der Waals surface area contributed by atoms with E-state index in [4.69, 9.17) is 9.47 Å². The largest absolute Gasteiger partial charge is 0.386 e. The summed E-state index contributed by atoms with van der Waals surface area (Å²) in [5.41, 5.74) is -0.751. The summed E-state index contributed by atoms with van der Waals surface area (Å²) in [4.78, 5) is 0. The molecular weight excluding hydrogens is 194 g/mol. The topological polar surface area (TPSA) is 50.7 Å². The molecule has 0 bridgehead atoms. The normalized spacial score (nSPS) is 27.2. The molecule has 0 aliphatic carbocycles. The van der Waals surface area contributed by atoms with Gasteiger partial charge < -0.3 is 19.9 Å². The van der Waals surface area contributed by atoms with Gasteiger partial charge in [0.25, 0.3) is 0 Å². The Labute approximate surface area is 92.0 Å². The molecule has 0 radical (unpaired) electrons. The molecule has 0 saturated carbocycles. The van der Waals surface area contributed by atoms with Gasteiger partial charge in [0.05, 0.1) is 12.2 Å². The number of hydrogen-bond donors (Lipinski definition) is 2. The van der Waals surface area contributed by atoms with Gasteiger partial charge in [0.2, 0.25) is 0 Å². The first-order chi connectivity index (χ1) is 6.97. The lowest BCUT2D eigenvalue weighted by Gasteiger charge is -2.25. The predicted octanol–water partition coefficient (Wildman–Crippen LogP) is 0.542. The van der Waals surface area contributed by atoms with Crippen molar-refractivity contribution < 1.29 is 14.6 Å². The van der Waals surface area contributed by atoms with Crippen LogP contribution in [0.25, 0.3) is 0 Å². The van der Waals surface area contributed by atoms with E-state index in [9.17, 15) is 5.11 Å². The quantitative estimate of drug-likeness (QED) is 0.638. The minimum atomic E-state index is -0.656. The minimum absolute atomic E-state index is 0.0954. The molecule has 15 heavy (non-hydrogen) atoms. The van der Waals surface area contributed by atoms with Crippen molar-refractivity contribution in [2.75, 3.05) is 33.4 Å². The lowest BCUT2D eigenvalue weighted by atomic mass is 10.0. The third kappa shape index (κ3) is 4.47. The summed E-state index contributed by atoms with van der Waals surface area (Å²) in [5.74, 6) is 0. The standard InChI is InChI=1S/C11H23NO3/c1-10(2,14-3)4-6-12-8-11(13)5-7-15-9-11/h12-13H,4-9H2,1-3H3. The lowest BCUT2D eigenvalue weighted by Crippen LogP contribution is -2.42. The number of aliphatic hydroxyl groups is 1. The molecule has 90 valence electrons. The number of nitrogens with one attached hydrogen (secondary N) is 1. The maximum absolute atomic E-state index is 9.96. The second-order valence-electron chi connectivity index (χ2n) is 4.92. The first-order valence-corrected chi connectivity index (χ1v) is 5.53. The van der Waals surface area contributed by atoms with Gasteiger partial charge in [-0.05, 0) is 26.8 Å². The van der Waals surface area contributed by atoms with Gasteiger partial charge in [0.15, 0.2) is 0 Å². The van der Waals surface area contributed by atoms with E-state index in [1.54, 1.807) is 7.11 Å². The average Bonchev–Trinajstić information content (AvgIpc) is 2.61. The SMILES string of the molecule is COC(C)(C)CCNCC1(O)CCOC1. The van der Waals surface area contributed by atoms with E-state index in [0.29, 0.717) is 19.8 Å². The molecule has 1 aliphatic heterocycles. The van der Waals surface area contributed by atoms with Crippen molar-refractivity contribution >= 4 is 0 Å². The molecule has 0 amide bonds. The Morgan fingerprint density at radius 2 is 2.27 bits per heavy atom. The van der Waals surface area contributed by atoms with Crippen LogP contribution in [0.2, 0.25) is 0 Å². The van der Waals surface area contributed by atoms with Crippen molar-refractivity contribution in [3.05, 3.63) is 0 Å². The molecule has 1 rings (SSSR count). The van der Waals surface area contributed by atoms with Gasteiger partial charge in [-0.15, -0.1) is 0 Å². The summed E-state index contributed by atoms with van der Waals surface area (Å²) in [6, 6.07) is 0. The molecule has 1 unspecified atom stereocenters. The zero-order chi connectivity index (χ0) is 11.4. The highest BCUT2D eigenvalue weighted by Gasteiger charge is 2.31. The number of methoxy groups -OCH3 is 1. The third-order valence-corrected chi connectivity index (χ3v) is 2.99. The molecule has 0 spiro atoms. The minimum Gasteiger partial charge on any atom is -0.386 e. The van der Waals surface area contributed by atoms with Gasteiger partial charge in [-0.1, -0.05) is 0 Å². The highest BCUT2D eigenvalue weighted by atomic mass is 16.5. The first kappa shape index (κ1) is 12.9. The smallest absolute Gasteiger partial charge is 0.102 e. The summed E-state index contributed by atoms with van der Waals surface area (Å²) < 4.78 is 10.5. The molecule has 4 nitrogen and oxygen atoms in total. The van der Waals surface area contributed by atoms with Crippen LogP contribution in [0.3, 0.4) is 0 Å². The zero-order valence-corrected chi connectivity index (χ0v) is 10.0. The molecule has 0 aromatic carbocycles. The number of hydrogen-bond acceptors (Lipinski definition) is 4. The van der Waals surface area contributed by atoms with Gasteiger partial charge in [-0.2, -0.15) is 0 Å². The fourth-order valence-electron chi connectivity index (χ4n) is 1.55. The highest BCUT2D eigenvalue weighted by Crippen LogP contribution is 2.17. The van der Waals surface area contributed by atoms with Crippen molar-refractivity contribution in [2.24, 2.45) is 0 Å². The Morgan fingerprint density at radius 3 is 2.80 bits per heavy atom. The van der Waals surface area contributed by atoms with Gasteiger partial charge in [-0.3, -0.25) is 0 Å². The van der Waals surface area contributed by atoms with Crippen LogP contribution < -0.4 is 5.32 Å². The van der Waals surface area contributed by atoms with Crippen LogP contribution in [0.1, 0.15) is 26.7 Å². The van der Waals surface area contributed by atoms with E-state index >= 15 is 0 Å². The molecule has 1 fully saturated rings. The molecule has 1 aliphatic rings. The van der Waals surface area contributed by atoms with Crippen molar-refractivity contribution in [2.45, 2.75) is 37.9 Å². The van der Waals surface area contributed by atoms with Gasteiger partial charge >= 0.3 is 0 Å². The van der Waals surface area contributed by atoms with Crippen LogP contribution in [0.4, 0.5) is 0 Å². The monoisotopic (exact) mass is 217 g/mol. The molecular formula is C11H23NO3. The molecule has 4 heteroatoms. The zero-order valence-electron chi connectivity index (χ0n) is 10.0. The maximum Gasteiger partial charge on any atom is 0.102 e. The van der Waals surface area contributed by atoms with Crippen LogP contribution in [0.15, 0.2) is 0 Å². The Hall–Kier alpha value is -0.160. The average molecular weight is 217 g/mol. The number of ether oxygens (including phenoxy) is 2. The van der Waals surface area contributed by atoms with Crippen LogP contribution in [0, 0.1) is 0 Å². The van der Waals surface area contributed by atoms with Gasteiger partial charge in [0, 0.05) is 26.7 Å². The van der Waals surface area contributed by atoms with E-state index in [1.165, 1.54) is 0 Å². The van der Waals surface area contributed by atoms with Crippen LogP contribution >= 0.6 is 0 Å². The predicted molar refractivity (Wildman–Crippen MR) is 59.0 cm³/mol. The first-order valence-electron chi connectivity index (χ1n) is 5.53. The van der Waals surface area contributed by atoms with Crippen LogP contribution in [-0.4, -0.2) is 49.7 Å². The van der Waals surface area contributed by atoms with E-state index in [2.05, 4.69) is 19.2 Å². The van der Waals surface area contributed by atoms with Crippen molar-refractivity contribution in [1.29, 1.82) is 0 Å². The molecule has 1 heterocycles. The Morgan fingerprint density at radius 1 is 1.53 bits per heavy atom. The van der Waals surface area contributed by atoms with E-state index < -0.39 is 5.60 Å². The molecule has 1 atom stereocenters. The molecule has 0 aromatic heterocycles. The maximum atomic E-state index is 9.96. The fraction of sp³-hybridized carbons (Fsp3) is 1.00. The Bertz CT molecular complexity index is 188. The summed E-state index contributed by atoms with van der Waals surface area (Å²) in [6.07, 6.45) is 1.66. The fourth-order valence-corrected chi connectivity index (χ4v) is 1.55. The van der Waals surface area contributed by atoms with E-state index in [-0.39, 0.29) is 5.60 Å². The van der Waals surface area contributed by atoms with Gasteiger partial charge in [-0.25, -0.2) is 0 Å². The Kier molecular flexibility index (Phi) is 4.52. The second-order valence-corrected chi connectivity index (χ2v) is 4.92. The molecule has 2 N–H and O–H groups in total. The van der Waals surface area contributed by atoms with Crippen molar-refractivity contribution in [3.8, 4) is 0 Å². The lowest BCUT2D eigenvalue weighted by molar-refractivity contribution is 0.00873. The van der Waals surface area contributed by atoms with Crippen molar-refractivity contribution in [1.82, 2.24) is 5.32 Å². The summed E-state index contributed by atoms with van der Waals surface area (Å²) in [6.45, 7) is 6.69. The van der Waals surface area contributed by atoms with Crippen LogP contribution in [-0.2, 0) is 9.47 Å². The van der Waals surface area contributed by atoms with E-state index in [1.807, 2.05) is 0 Å². The van der Waals surface area contributed by atoms with Crippen LogP contribution in [0.5, 0.6) is 0 Å². The van der Waals surface area contributed by atoms with Crippen molar-refractivity contribution in [3.63, 3.8) is 0 Å². The third-order valence-electron chi connectivity index (χ3n) is 2.99. The van der Waals surface area contributed by atoms with Gasteiger partial charge in [0.1, 0.15) is 5.60 Å². The summed E-state index contributed by atoms with van der Waals surface area (Å²) >= 11 is 0. The number of rotatable bonds is 6. The highest BCUT2D eigenvalue weighted by molar-refractivity contribution is 4.85. The van der Waals surface area contributed by atoms with E-state index in [0.717, 1.165) is 19.4 Å².